The molecular formula is C50H56N8O7S2. The number of imidazole rings is 2. The van der Waals surface area contributed by atoms with Crippen LogP contribution in [0.15, 0.2) is 101 Å². The van der Waals surface area contributed by atoms with Crippen molar-refractivity contribution in [3.8, 4) is 45.4 Å². The second kappa shape index (κ2) is 17.5. The van der Waals surface area contributed by atoms with Gasteiger partial charge in [-0.15, -0.1) is 0 Å². The van der Waals surface area contributed by atoms with E-state index < -0.39 is 30.8 Å². The Labute approximate surface area is 391 Å². The molecule has 3 aromatic heterocycles. The van der Waals surface area contributed by atoms with E-state index in [9.17, 15) is 26.4 Å². The molecule has 2 amide bonds. The number of aromatic nitrogens is 4. The maximum Gasteiger partial charge on any atom is 0.254 e. The largest absolute Gasteiger partial charge is 0.456 e. The van der Waals surface area contributed by atoms with Gasteiger partial charge < -0.3 is 24.2 Å². The van der Waals surface area contributed by atoms with E-state index in [0.717, 1.165) is 55.8 Å². The molecule has 2 saturated heterocycles. The number of sulfone groups is 2. The van der Waals surface area contributed by atoms with Crippen molar-refractivity contribution in [3.63, 3.8) is 0 Å². The molecule has 0 bridgehead atoms. The molecule has 2 N–H and O–H groups in total. The van der Waals surface area contributed by atoms with E-state index >= 15 is 0 Å². The number of benzene rings is 4. The lowest BCUT2D eigenvalue weighted by molar-refractivity contribution is 0.0191. The fourth-order valence-electron chi connectivity index (χ4n) is 9.34. The summed E-state index contributed by atoms with van der Waals surface area (Å²) in [5.74, 6) is 2.87. The normalized spacial score (nSPS) is 17.1. The molecule has 0 aliphatic carbocycles. The molecule has 0 atom stereocenters. The van der Waals surface area contributed by atoms with Crippen LogP contribution in [0.3, 0.4) is 0 Å². The second-order valence-electron chi connectivity index (χ2n) is 19.3. The highest BCUT2D eigenvalue weighted by molar-refractivity contribution is 7.90. The zero-order chi connectivity index (χ0) is 47.5. The first kappa shape index (κ1) is 46.0. The molecule has 4 aromatic carbocycles. The van der Waals surface area contributed by atoms with Gasteiger partial charge in [0.15, 0.2) is 0 Å². The number of fused-ring (bicyclic) bond motifs is 2. The number of hydrogen-bond donors (Lipinski definition) is 2. The molecule has 0 unspecified atom stereocenters. The molecule has 350 valence electrons. The number of rotatable bonds is 12. The Morgan fingerprint density at radius 1 is 0.552 bits per heavy atom. The molecule has 5 heterocycles. The van der Waals surface area contributed by atoms with E-state index in [4.69, 9.17) is 14.4 Å². The smallest absolute Gasteiger partial charge is 0.254 e. The van der Waals surface area contributed by atoms with Gasteiger partial charge in [0.05, 0.1) is 44.7 Å². The Hall–Kier alpha value is -6.14. The van der Waals surface area contributed by atoms with Crippen LogP contribution in [0.5, 0.6) is 0 Å². The third-order valence-electron chi connectivity index (χ3n) is 13.0. The molecule has 2 aliphatic rings. The van der Waals surface area contributed by atoms with Crippen LogP contribution in [0, 0.1) is 0 Å². The van der Waals surface area contributed by atoms with Crippen LogP contribution >= 0.6 is 0 Å². The summed E-state index contributed by atoms with van der Waals surface area (Å²) in [5, 5.41) is 0. The Bertz CT molecular complexity index is 3010. The zero-order valence-electron chi connectivity index (χ0n) is 38.7. The number of carbonyl (C=O) groups is 2. The average molecular weight is 945 g/mol. The van der Waals surface area contributed by atoms with Gasteiger partial charge in [-0.25, -0.2) is 26.8 Å². The van der Waals surface area contributed by atoms with Crippen molar-refractivity contribution in [2.24, 2.45) is 0 Å². The van der Waals surface area contributed by atoms with Gasteiger partial charge >= 0.3 is 0 Å². The molecule has 0 saturated carbocycles. The molecule has 0 spiro atoms. The van der Waals surface area contributed by atoms with Gasteiger partial charge in [0.2, 0.25) is 0 Å². The van der Waals surface area contributed by atoms with Crippen molar-refractivity contribution in [2.75, 3.05) is 76.4 Å². The van der Waals surface area contributed by atoms with E-state index in [-0.39, 0.29) is 23.3 Å². The standard InChI is InChI=1S/C50H56N8O7S2/c1-49(2)31-55(25-27-66(5,61)62)21-23-57(49)47(59)37-15-17-39-41(29-37)53-45(51-39)35-11-7-33(8-12-35)43-19-20-44(65-43)34-9-13-36(14-10-34)46-52-40-18-16-38(30-42(40)54-46)48(60)58-24-22-56(32-50(58,3)4)26-28-67(6,63)64/h7-20,29-30H,21-28,31-32H2,1-6H3,(H,51,53)(H,52,54). The first-order valence-corrected chi connectivity index (χ1v) is 26.6. The number of amides is 2. The Kier molecular flexibility index (Phi) is 12.0. The third kappa shape index (κ3) is 10.1. The van der Waals surface area contributed by atoms with Gasteiger partial charge in [-0.3, -0.25) is 19.4 Å². The first-order chi connectivity index (χ1) is 31.7. The summed E-state index contributed by atoms with van der Waals surface area (Å²) in [5.41, 5.74) is 6.80. The summed E-state index contributed by atoms with van der Waals surface area (Å²) < 4.78 is 53.2. The molecule has 17 heteroatoms. The van der Waals surface area contributed by atoms with E-state index in [1.54, 1.807) is 0 Å². The lowest BCUT2D eigenvalue weighted by Crippen LogP contribution is -2.61. The van der Waals surface area contributed by atoms with E-state index in [1.165, 1.54) is 12.5 Å². The van der Waals surface area contributed by atoms with Gasteiger partial charge in [0, 0.05) is 98.3 Å². The highest BCUT2D eigenvalue weighted by Crippen LogP contribution is 2.33. The Morgan fingerprint density at radius 2 is 0.925 bits per heavy atom. The molecule has 2 fully saturated rings. The van der Waals surface area contributed by atoms with E-state index in [1.807, 2.05) is 135 Å². The van der Waals surface area contributed by atoms with Crippen molar-refractivity contribution >= 4 is 53.6 Å². The van der Waals surface area contributed by atoms with Crippen LogP contribution in [0.25, 0.3) is 67.5 Å². The maximum absolute atomic E-state index is 13.8. The van der Waals surface area contributed by atoms with Gasteiger partial charge in [0.25, 0.3) is 11.8 Å². The number of nitrogens with zero attached hydrogens (tertiary/aromatic N) is 6. The highest BCUT2D eigenvalue weighted by Gasteiger charge is 2.38. The minimum absolute atomic E-state index is 0.0702. The van der Waals surface area contributed by atoms with Gasteiger partial charge in [-0.05, 0) is 76.2 Å². The summed E-state index contributed by atoms with van der Waals surface area (Å²) in [4.78, 5) is 52.0. The number of H-pyrrole nitrogens is 2. The summed E-state index contributed by atoms with van der Waals surface area (Å²) in [6.45, 7) is 12.4. The lowest BCUT2D eigenvalue weighted by atomic mass is 9.97. The van der Waals surface area contributed by atoms with Crippen LogP contribution in [0.4, 0.5) is 0 Å². The second-order valence-corrected chi connectivity index (χ2v) is 23.8. The maximum atomic E-state index is 13.8. The minimum Gasteiger partial charge on any atom is -0.456 e. The lowest BCUT2D eigenvalue weighted by Gasteiger charge is -2.47. The van der Waals surface area contributed by atoms with Crippen LogP contribution in [0.2, 0.25) is 0 Å². The monoisotopic (exact) mass is 944 g/mol. The van der Waals surface area contributed by atoms with E-state index in [2.05, 4.69) is 19.8 Å². The van der Waals surface area contributed by atoms with Crippen molar-refractivity contribution in [1.29, 1.82) is 0 Å². The van der Waals surface area contributed by atoms with Crippen molar-refractivity contribution in [2.45, 2.75) is 38.8 Å². The number of furan rings is 1. The van der Waals surface area contributed by atoms with Gasteiger partial charge in [0.1, 0.15) is 42.8 Å². The van der Waals surface area contributed by atoms with Gasteiger partial charge in [-0.2, -0.15) is 0 Å². The molecule has 2 aliphatic heterocycles. The number of hydrogen-bond acceptors (Lipinski definition) is 11. The summed E-state index contributed by atoms with van der Waals surface area (Å²) in [7, 11) is -6.14. The third-order valence-corrected chi connectivity index (χ3v) is 14.8. The SMILES string of the molecule is CC1(C)CN(CCS(C)(=O)=O)CCN1C(=O)c1ccc2nc(-c3ccc(-c4ccc(-c5ccc(-c6nc7ccc(C(=O)N8CCN(CCS(C)(=O)=O)CC8(C)C)cc7[nH]6)cc5)o4)cc3)[nH]c2c1. The minimum atomic E-state index is -3.07. The van der Waals surface area contributed by atoms with Crippen LogP contribution in [0.1, 0.15) is 48.4 Å². The molecule has 0 radical (unpaired) electrons. The fraction of sp³-hybridized carbons (Fsp3) is 0.360. The topological polar surface area (TPSA) is 186 Å². The summed E-state index contributed by atoms with van der Waals surface area (Å²) in [6, 6.07) is 30.9. The predicted octanol–water partition coefficient (Wildman–Crippen LogP) is 6.86. The number of aromatic amines is 2. The Morgan fingerprint density at radius 3 is 1.28 bits per heavy atom. The van der Waals surface area contributed by atoms with Crippen LogP contribution in [-0.2, 0) is 19.7 Å². The summed E-state index contributed by atoms with van der Waals surface area (Å²) in [6.07, 6.45) is 2.50. The quantitative estimate of drug-likeness (QED) is 0.130. The van der Waals surface area contributed by atoms with Crippen LogP contribution in [-0.4, -0.2) is 156 Å². The van der Waals surface area contributed by atoms with Crippen molar-refractivity contribution < 1.29 is 30.8 Å². The zero-order valence-corrected chi connectivity index (χ0v) is 40.3. The van der Waals surface area contributed by atoms with Crippen molar-refractivity contribution in [3.05, 3.63) is 108 Å². The number of carbonyl (C=O) groups excluding carboxylic acids is 2. The molecule has 67 heavy (non-hydrogen) atoms. The van der Waals surface area contributed by atoms with Crippen LogP contribution < -0.4 is 0 Å². The molecular weight excluding hydrogens is 889 g/mol. The highest BCUT2D eigenvalue weighted by atomic mass is 32.2. The average Bonchev–Trinajstić information content (AvgIpc) is 4.05. The molecule has 15 nitrogen and oxygen atoms in total. The number of piperazine rings is 2. The van der Waals surface area contributed by atoms with Gasteiger partial charge in [-0.1, -0.05) is 48.5 Å². The van der Waals surface area contributed by atoms with E-state index in [0.29, 0.717) is 75.1 Å². The number of nitrogens with one attached hydrogen (secondary N) is 2. The predicted molar refractivity (Wildman–Crippen MR) is 262 cm³/mol. The molecule has 7 aromatic rings. The van der Waals surface area contributed by atoms with Crippen molar-refractivity contribution in [1.82, 2.24) is 39.5 Å². The fourth-order valence-corrected chi connectivity index (χ4v) is 10.5. The first-order valence-electron chi connectivity index (χ1n) is 22.4. The Balaban J connectivity index is 0.831. The molecule has 9 rings (SSSR count). The summed E-state index contributed by atoms with van der Waals surface area (Å²) >= 11 is 0.